The van der Waals surface area contributed by atoms with E-state index in [4.69, 9.17) is 23.2 Å². The van der Waals surface area contributed by atoms with Crippen LogP contribution in [0.4, 0.5) is 4.39 Å². The van der Waals surface area contributed by atoms with Crippen molar-refractivity contribution in [3.63, 3.8) is 0 Å². The van der Waals surface area contributed by atoms with E-state index in [0.717, 1.165) is 5.56 Å². The zero-order chi connectivity index (χ0) is 9.90. The van der Waals surface area contributed by atoms with Gasteiger partial charge in [-0.3, -0.25) is 0 Å². The molecule has 0 aromatic heterocycles. The lowest BCUT2D eigenvalue weighted by Crippen LogP contribution is -2.26. The standard InChI is InChI=1S/C10H11Cl2F/c1-10(6-11,7-12)8-3-2-4-9(13)5-8/h2-5H,6-7H2,1H3. The summed E-state index contributed by atoms with van der Waals surface area (Å²) >= 11 is 11.6. The molecule has 0 aliphatic carbocycles. The highest BCUT2D eigenvalue weighted by Crippen LogP contribution is 2.27. The molecule has 3 heteroatoms. The van der Waals surface area contributed by atoms with Gasteiger partial charge in [-0.1, -0.05) is 19.1 Å². The van der Waals surface area contributed by atoms with E-state index in [1.807, 2.05) is 13.0 Å². The van der Waals surface area contributed by atoms with Crippen molar-refractivity contribution in [2.45, 2.75) is 12.3 Å². The van der Waals surface area contributed by atoms with Gasteiger partial charge in [0, 0.05) is 17.2 Å². The van der Waals surface area contributed by atoms with E-state index >= 15 is 0 Å². The van der Waals surface area contributed by atoms with Crippen molar-refractivity contribution in [2.24, 2.45) is 0 Å². The summed E-state index contributed by atoms with van der Waals surface area (Å²) < 4.78 is 12.9. The highest BCUT2D eigenvalue weighted by molar-refractivity contribution is 6.22. The number of hydrogen-bond acceptors (Lipinski definition) is 0. The van der Waals surface area contributed by atoms with Gasteiger partial charge in [0.2, 0.25) is 0 Å². The molecule has 0 atom stereocenters. The second-order valence-corrected chi connectivity index (χ2v) is 3.87. The average molecular weight is 221 g/mol. The van der Waals surface area contributed by atoms with Gasteiger partial charge < -0.3 is 0 Å². The lowest BCUT2D eigenvalue weighted by Gasteiger charge is -2.24. The number of halogens is 3. The molecular weight excluding hydrogens is 210 g/mol. The highest BCUT2D eigenvalue weighted by Gasteiger charge is 2.24. The Balaban J connectivity index is 3.05. The van der Waals surface area contributed by atoms with Crippen LogP contribution >= 0.6 is 23.2 Å². The van der Waals surface area contributed by atoms with Gasteiger partial charge in [0.25, 0.3) is 0 Å². The van der Waals surface area contributed by atoms with Crippen molar-refractivity contribution >= 4 is 23.2 Å². The van der Waals surface area contributed by atoms with Crippen LogP contribution in [-0.4, -0.2) is 11.8 Å². The molecule has 1 rings (SSSR count). The zero-order valence-electron chi connectivity index (χ0n) is 7.36. The highest BCUT2D eigenvalue weighted by atomic mass is 35.5. The van der Waals surface area contributed by atoms with Crippen LogP contribution in [0.5, 0.6) is 0 Å². The van der Waals surface area contributed by atoms with E-state index in [1.54, 1.807) is 6.07 Å². The van der Waals surface area contributed by atoms with Crippen LogP contribution in [-0.2, 0) is 5.41 Å². The van der Waals surface area contributed by atoms with Crippen molar-refractivity contribution in [1.29, 1.82) is 0 Å². The van der Waals surface area contributed by atoms with Crippen LogP contribution in [0.1, 0.15) is 12.5 Å². The second-order valence-electron chi connectivity index (χ2n) is 3.34. The molecule has 0 saturated carbocycles. The van der Waals surface area contributed by atoms with Crippen LogP contribution in [0, 0.1) is 5.82 Å². The predicted octanol–water partition coefficient (Wildman–Crippen LogP) is 3.56. The van der Waals surface area contributed by atoms with Crippen molar-refractivity contribution in [2.75, 3.05) is 11.8 Å². The molecular formula is C10H11Cl2F. The van der Waals surface area contributed by atoms with E-state index in [2.05, 4.69) is 0 Å². The Labute approximate surface area is 87.7 Å². The number of benzene rings is 1. The van der Waals surface area contributed by atoms with Gasteiger partial charge in [0.05, 0.1) is 0 Å². The smallest absolute Gasteiger partial charge is 0.123 e. The van der Waals surface area contributed by atoms with E-state index < -0.39 is 0 Å². The largest absolute Gasteiger partial charge is 0.207 e. The molecule has 1 aromatic carbocycles. The fourth-order valence-electron chi connectivity index (χ4n) is 1.05. The molecule has 0 saturated heterocycles. The number of rotatable bonds is 3. The summed E-state index contributed by atoms with van der Waals surface area (Å²) in [4.78, 5) is 0. The Morgan fingerprint density at radius 1 is 1.31 bits per heavy atom. The van der Waals surface area contributed by atoms with E-state index in [9.17, 15) is 4.39 Å². The fraction of sp³-hybridized carbons (Fsp3) is 0.400. The van der Waals surface area contributed by atoms with Crippen LogP contribution in [0.2, 0.25) is 0 Å². The number of hydrogen-bond donors (Lipinski definition) is 0. The molecule has 0 fully saturated rings. The Morgan fingerprint density at radius 3 is 2.38 bits per heavy atom. The summed E-state index contributed by atoms with van der Waals surface area (Å²) in [7, 11) is 0. The third-order valence-corrected chi connectivity index (χ3v) is 3.29. The van der Waals surface area contributed by atoms with Gasteiger partial charge in [-0.05, 0) is 17.7 Å². The van der Waals surface area contributed by atoms with Crippen LogP contribution in [0.15, 0.2) is 24.3 Å². The van der Waals surface area contributed by atoms with Crippen molar-refractivity contribution in [1.82, 2.24) is 0 Å². The normalized spacial score (nSPS) is 11.7. The van der Waals surface area contributed by atoms with Crippen LogP contribution in [0.3, 0.4) is 0 Å². The molecule has 0 unspecified atom stereocenters. The Morgan fingerprint density at radius 2 is 1.92 bits per heavy atom. The molecule has 13 heavy (non-hydrogen) atoms. The van der Waals surface area contributed by atoms with Crippen molar-refractivity contribution in [3.8, 4) is 0 Å². The maximum atomic E-state index is 12.9. The zero-order valence-corrected chi connectivity index (χ0v) is 8.87. The first-order valence-corrected chi connectivity index (χ1v) is 5.07. The first-order chi connectivity index (χ1) is 6.12. The maximum Gasteiger partial charge on any atom is 0.123 e. The van der Waals surface area contributed by atoms with Gasteiger partial charge >= 0.3 is 0 Å². The van der Waals surface area contributed by atoms with Gasteiger partial charge in [-0.15, -0.1) is 23.2 Å². The Hall–Kier alpha value is -0.270. The number of alkyl halides is 2. The first kappa shape index (κ1) is 10.8. The third-order valence-electron chi connectivity index (χ3n) is 2.11. The third kappa shape index (κ3) is 2.35. The topological polar surface area (TPSA) is 0 Å². The van der Waals surface area contributed by atoms with E-state index in [0.29, 0.717) is 11.8 Å². The molecule has 0 heterocycles. The van der Waals surface area contributed by atoms with E-state index in [-0.39, 0.29) is 11.2 Å². The molecule has 0 radical (unpaired) electrons. The summed E-state index contributed by atoms with van der Waals surface area (Å²) in [6, 6.07) is 6.40. The van der Waals surface area contributed by atoms with Crippen molar-refractivity contribution in [3.05, 3.63) is 35.6 Å². The molecule has 0 aliphatic heterocycles. The maximum absolute atomic E-state index is 12.9. The van der Waals surface area contributed by atoms with Crippen molar-refractivity contribution < 1.29 is 4.39 Å². The molecule has 0 bridgehead atoms. The molecule has 0 N–H and O–H groups in total. The second kappa shape index (κ2) is 4.30. The molecule has 0 nitrogen and oxygen atoms in total. The molecule has 0 spiro atoms. The lowest BCUT2D eigenvalue weighted by atomic mass is 9.86. The predicted molar refractivity (Wildman–Crippen MR) is 55.2 cm³/mol. The minimum atomic E-state index is -0.342. The lowest BCUT2D eigenvalue weighted by molar-refractivity contribution is 0.583. The molecule has 1 aromatic rings. The minimum Gasteiger partial charge on any atom is -0.207 e. The summed E-state index contributed by atoms with van der Waals surface area (Å²) in [6.45, 7) is 1.92. The summed E-state index contributed by atoms with van der Waals surface area (Å²) in [5.74, 6) is 0.527. The SMILES string of the molecule is CC(CCl)(CCl)c1cccc(F)c1. The summed E-state index contributed by atoms with van der Waals surface area (Å²) in [6.07, 6.45) is 0. The average Bonchev–Trinajstić information content (AvgIpc) is 2.17. The monoisotopic (exact) mass is 220 g/mol. The van der Waals surface area contributed by atoms with Gasteiger partial charge in [0.1, 0.15) is 5.82 Å². The summed E-state index contributed by atoms with van der Waals surface area (Å²) in [5, 5.41) is 0. The van der Waals surface area contributed by atoms with E-state index in [1.165, 1.54) is 12.1 Å². The quantitative estimate of drug-likeness (QED) is 0.684. The Bertz CT molecular complexity index is 282. The van der Waals surface area contributed by atoms with Gasteiger partial charge in [0.15, 0.2) is 0 Å². The Kier molecular flexibility index (Phi) is 3.57. The summed E-state index contributed by atoms with van der Waals surface area (Å²) in [5.41, 5.74) is 0.503. The van der Waals surface area contributed by atoms with Crippen LogP contribution < -0.4 is 0 Å². The minimum absolute atomic E-state index is 0.251. The molecule has 0 amide bonds. The first-order valence-electron chi connectivity index (χ1n) is 4.00. The molecule has 0 aliphatic rings. The van der Waals surface area contributed by atoms with Gasteiger partial charge in [-0.25, -0.2) is 4.39 Å². The fourth-order valence-corrected chi connectivity index (χ4v) is 1.65. The van der Waals surface area contributed by atoms with Gasteiger partial charge in [-0.2, -0.15) is 0 Å². The molecule has 72 valence electrons. The van der Waals surface area contributed by atoms with Crippen LogP contribution in [0.25, 0.3) is 0 Å².